The maximum absolute atomic E-state index is 15.2. The van der Waals surface area contributed by atoms with Crippen molar-refractivity contribution in [3.05, 3.63) is 153 Å². The summed E-state index contributed by atoms with van der Waals surface area (Å²) in [5, 5.41) is 20.1. The van der Waals surface area contributed by atoms with Crippen LogP contribution >= 0.6 is 0 Å². The van der Waals surface area contributed by atoms with Crippen LogP contribution in [0.1, 0.15) is 72.5 Å². The number of benzene rings is 4. The lowest BCUT2D eigenvalue weighted by Gasteiger charge is -2.36. The number of hydrogen-bond acceptors (Lipinski definition) is 8. The second kappa shape index (κ2) is 19.0. The molecule has 9 rings (SSSR count). The van der Waals surface area contributed by atoms with Gasteiger partial charge >= 0.3 is 0 Å². The Kier molecular flexibility index (Phi) is 12.8. The number of aromatic hydroxyl groups is 1. The number of rotatable bonds is 11. The number of phenolic OH excluding ortho intramolecular Hbond substituents is 1. The molecule has 67 heavy (non-hydrogen) atoms. The predicted molar refractivity (Wildman–Crippen MR) is 257 cm³/mol. The lowest BCUT2D eigenvalue weighted by atomic mass is 9.89. The third-order valence-corrected chi connectivity index (χ3v) is 14.0. The molecule has 1 unspecified atom stereocenters. The van der Waals surface area contributed by atoms with Crippen LogP contribution in [0.2, 0.25) is 0 Å². The van der Waals surface area contributed by atoms with Gasteiger partial charge in [0.2, 0.25) is 5.91 Å². The Labute approximate surface area is 392 Å². The summed E-state index contributed by atoms with van der Waals surface area (Å²) in [4.78, 5) is 51.9. The van der Waals surface area contributed by atoms with Crippen molar-refractivity contribution in [2.24, 2.45) is 14.1 Å². The predicted octanol–water partition coefficient (Wildman–Crippen LogP) is 7.63. The fourth-order valence-corrected chi connectivity index (χ4v) is 9.70. The smallest absolute Gasteiger partial charge is 0.264 e. The van der Waals surface area contributed by atoms with Crippen molar-refractivity contribution < 1.29 is 29.0 Å². The van der Waals surface area contributed by atoms with E-state index in [1.165, 1.54) is 17.7 Å². The molecule has 0 aliphatic carbocycles. The normalized spacial score (nSPS) is 16.0. The number of carbonyl (C=O) groups excluding carboxylic acids is 3. The standard InChI is InChI=1S/C54H57N7O6/c1-35-26-39-8-6-7-9-41(39)34-60(35)53(64)49-29-42-33-59(52(63)27-38-10-16-46(17-11-38)67-25-22-58-20-23-66-24-21-58)19-18-40(42)28-48(49)51-31-47(36(2)57(51)5)54(65)61(43-12-14-45(62)15-13-43)50-30-44(32-55)56(4)37(50)3/h6-17,28-31,35,62H,18-27,33-34H2,1-5H3. The second-order valence-corrected chi connectivity index (χ2v) is 18.0. The zero-order valence-corrected chi connectivity index (χ0v) is 38.9. The molecule has 0 radical (unpaired) electrons. The highest BCUT2D eigenvalue weighted by Crippen LogP contribution is 2.38. The van der Waals surface area contributed by atoms with Crippen molar-refractivity contribution >= 4 is 29.1 Å². The Bertz CT molecular complexity index is 2880. The fraction of sp³-hybridized carbons (Fsp3) is 0.333. The van der Waals surface area contributed by atoms with Crippen LogP contribution in [0.15, 0.2) is 97.1 Å². The Hall–Kier alpha value is -7.14. The summed E-state index contributed by atoms with van der Waals surface area (Å²) >= 11 is 0. The largest absolute Gasteiger partial charge is 0.508 e. The first kappa shape index (κ1) is 45.0. The van der Waals surface area contributed by atoms with Crippen LogP contribution in [0.5, 0.6) is 11.5 Å². The number of aromatic nitrogens is 2. The number of phenols is 1. The molecular weight excluding hydrogens is 843 g/mol. The van der Waals surface area contributed by atoms with Crippen LogP contribution in [0.4, 0.5) is 11.4 Å². The van der Waals surface area contributed by atoms with Gasteiger partial charge in [-0.2, -0.15) is 5.26 Å². The van der Waals surface area contributed by atoms with Gasteiger partial charge in [0.05, 0.1) is 30.9 Å². The number of carbonyl (C=O) groups is 3. The second-order valence-electron chi connectivity index (χ2n) is 18.0. The monoisotopic (exact) mass is 899 g/mol. The van der Waals surface area contributed by atoms with E-state index < -0.39 is 0 Å². The number of nitriles is 1. The Morgan fingerprint density at radius 3 is 2.27 bits per heavy atom. The van der Waals surface area contributed by atoms with E-state index in [0.29, 0.717) is 77.8 Å². The lowest BCUT2D eigenvalue weighted by molar-refractivity contribution is -0.131. The van der Waals surface area contributed by atoms with Gasteiger partial charge in [-0.1, -0.05) is 36.4 Å². The van der Waals surface area contributed by atoms with E-state index in [-0.39, 0.29) is 35.9 Å². The van der Waals surface area contributed by atoms with Crippen molar-refractivity contribution in [2.75, 3.05) is 50.9 Å². The van der Waals surface area contributed by atoms with E-state index >= 15 is 9.59 Å². The molecule has 3 amide bonds. The van der Waals surface area contributed by atoms with Crippen LogP contribution in [0, 0.1) is 25.2 Å². The molecule has 3 aliphatic rings. The minimum atomic E-state index is -0.324. The number of morpholine rings is 1. The SMILES string of the molecule is Cc1c(N(C(=O)c2cc(-c3cc4c(cc3C(=O)N3Cc5ccccc5CC3C)CN(C(=O)Cc3ccc(OCCN5CCOCC5)cc3)CC4)n(C)c2C)c2ccc(O)cc2)cc(C#N)n1C. The maximum atomic E-state index is 15.2. The van der Waals surface area contributed by atoms with Gasteiger partial charge in [-0.15, -0.1) is 0 Å². The summed E-state index contributed by atoms with van der Waals surface area (Å²) < 4.78 is 15.2. The topological polar surface area (TPSA) is 137 Å². The summed E-state index contributed by atoms with van der Waals surface area (Å²) in [7, 11) is 3.70. The summed E-state index contributed by atoms with van der Waals surface area (Å²) in [5.41, 5.74) is 10.5. The summed E-state index contributed by atoms with van der Waals surface area (Å²) in [6, 6.07) is 32.2. The highest BCUT2D eigenvalue weighted by atomic mass is 16.5. The first-order valence-corrected chi connectivity index (χ1v) is 23.1. The number of ether oxygens (including phenoxy) is 2. The molecule has 0 bridgehead atoms. The van der Waals surface area contributed by atoms with E-state index in [1.54, 1.807) is 34.7 Å². The van der Waals surface area contributed by atoms with Gasteiger partial charge in [0.25, 0.3) is 11.8 Å². The molecule has 6 aromatic rings. The number of nitrogens with zero attached hydrogens (tertiary/aromatic N) is 7. The van der Waals surface area contributed by atoms with Gasteiger partial charge in [-0.25, -0.2) is 0 Å². The minimum absolute atomic E-state index is 0.0137. The van der Waals surface area contributed by atoms with E-state index in [1.807, 2.05) is 83.8 Å². The third-order valence-electron chi connectivity index (χ3n) is 14.0. The maximum Gasteiger partial charge on any atom is 0.264 e. The Balaban J connectivity index is 1.03. The van der Waals surface area contributed by atoms with Gasteiger partial charge in [0, 0.05) is 93.3 Å². The number of amides is 3. The van der Waals surface area contributed by atoms with Crippen LogP contribution in [0.3, 0.4) is 0 Å². The molecule has 2 aromatic heterocycles. The summed E-state index contributed by atoms with van der Waals surface area (Å²) in [6.07, 6.45) is 1.58. The molecule has 13 heteroatoms. The molecule has 0 saturated carbocycles. The third kappa shape index (κ3) is 9.07. The van der Waals surface area contributed by atoms with Crippen molar-refractivity contribution in [1.82, 2.24) is 23.8 Å². The molecule has 4 aromatic carbocycles. The molecule has 344 valence electrons. The summed E-state index contributed by atoms with van der Waals surface area (Å²) in [6.45, 7) is 12.0. The molecule has 0 spiro atoms. The molecule has 1 atom stereocenters. The Morgan fingerprint density at radius 1 is 0.821 bits per heavy atom. The van der Waals surface area contributed by atoms with Gasteiger partial charge < -0.3 is 33.5 Å². The number of hydrogen-bond donors (Lipinski definition) is 1. The van der Waals surface area contributed by atoms with E-state index in [0.717, 1.165) is 73.0 Å². The Morgan fingerprint density at radius 2 is 1.55 bits per heavy atom. The van der Waals surface area contributed by atoms with E-state index in [4.69, 9.17) is 9.47 Å². The number of fused-ring (bicyclic) bond motifs is 2. The molecule has 1 N–H and O–H groups in total. The number of anilines is 2. The van der Waals surface area contributed by atoms with E-state index in [2.05, 4.69) is 36.1 Å². The average Bonchev–Trinajstić information content (AvgIpc) is 3.80. The minimum Gasteiger partial charge on any atom is -0.508 e. The molecule has 1 saturated heterocycles. The van der Waals surface area contributed by atoms with Crippen LogP contribution in [-0.2, 0) is 56.0 Å². The van der Waals surface area contributed by atoms with Gasteiger partial charge in [-0.3, -0.25) is 24.2 Å². The molecule has 3 aliphatic heterocycles. The highest BCUT2D eigenvalue weighted by molar-refractivity contribution is 6.13. The lowest BCUT2D eigenvalue weighted by Crippen LogP contribution is -2.43. The van der Waals surface area contributed by atoms with Crippen molar-refractivity contribution in [3.8, 4) is 28.8 Å². The molecular formula is C54H57N7O6. The van der Waals surface area contributed by atoms with E-state index in [9.17, 15) is 15.2 Å². The molecule has 1 fully saturated rings. The van der Waals surface area contributed by atoms with Crippen molar-refractivity contribution in [1.29, 1.82) is 5.26 Å². The van der Waals surface area contributed by atoms with Gasteiger partial charge in [0.15, 0.2) is 0 Å². The molecule has 5 heterocycles. The van der Waals surface area contributed by atoms with Gasteiger partial charge in [-0.05, 0) is 122 Å². The van der Waals surface area contributed by atoms with Crippen molar-refractivity contribution in [2.45, 2.75) is 59.2 Å². The zero-order chi connectivity index (χ0) is 46.9. The van der Waals surface area contributed by atoms with Crippen molar-refractivity contribution in [3.63, 3.8) is 0 Å². The van der Waals surface area contributed by atoms with Gasteiger partial charge in [0.1, 0.15) is 29.9 Å². The molecule has 13 nitrogen and oxygen atoms in total. The van der Waals surface area contributed by atoms with Crippen LogP contribution in [-0.4, -0.2) is 98.7 Å². The fourth-order valence-electron chi connectivity index (χ4n) is 9.70. The zero-order valence-electron chi connectivity index (χ0n) is 38.9. The quantitative estimate of drug-likeness (QED) is 0.140. The first-order chi connectivity index (χ1) is 32.4. The first-order valence-electron chi connectivity index (χ1n) is 23.1. The average molecular weight is 900 g/mol. The summed E-state index contributed by atoms with van der Waals surface area (Å²) in [5.74, 6) is 0.412. The highest BCUT2D eigenvalue weighted by Gasteiger charge is 2.33. The van der Waals surface area contributed by atoms with Crippen LogP contribution in [0.25, 0.3) is 11.3 Å². The van der Waals surface area contributed by atoms with Crippen LogP contribution < -0.4 is 9.64 Å².